The zero-order valence-corrected chi connectivity index (χ0v) is 10.9. The van der Waals surface area contributed by atoms with Gasteiger partial charge >= 0.3 is 0 Å². The van der Waals surface area contributed by atoms with Crippen molar-refractivity contribution in [3.8, 4) is 5.75 Å². The van der Waals surface area contributed by atoms with Crippen molar-refractivity contribution in [2.45, 2.75) is 0 Å². The Labute approximate surface area is 112 Å². The first-order valence-corrected chi connectivity index (χ1v) is 6.46. The molecule has 0 saturated carbocycles. The average molecular weight is 264 g/mol. The van der Waals surface area contributed by atoms with E-state index in [1.807, 2.05) is 6.07 Å². The maximum atomic E-state index is 11.4. The molecule has 6 heteroatoms. The molecule has 0 aliphatic carbocycles. The molecule has 19 heavy (non-hydrogen) atoms. The average Bonchev–Trinajstić information content (AvgIpc) is 2.48. The summed E-state index contributed by atoms with van der Waals surface area (Å²) >= 11 is 0. The fraction of sp³-hybridized carbons (Fsp3) is 0.462. The molecule has 0 radical (unpaired) electrons. The summed E-state index contributed by atoms with van der Waals surface area (Å²) in [7, 11) is 0. The summed E-state index contributed by atoms with van der Waals surface area (Å²) in [6.07, 6.45) is 0. The minimum atomic E-state index is -0.312. The number of nitrogen functional groups attached to an aromatic ring is 1. The van der Waals surface area contributed by atoms with Gasteiger partial charge < -0.3 is 10.1 Å². The first kappa shape index (κ1) is 13.8. The van der Waals surface area contributed by atoms with E-state index < -0.39 is 0 Å². The molecule has 1 fully saturated rings. The number of hydrazine groups is 1. The first-order valence-electron chi connectivity index (χ1n) is 6.46. The van der Waals surface area contributed by atoms with Crippen molar-refractivity contribution >= 4 is 5.91 Å². The van der Waals surface area contributed by atoms with Crippen LogP contribution in [0.3, 0.4) is 0 Å². The second-order valence-corrected chi connectivity index (χ2v) is 4.44. The van der Waals surface area contributed by atoms with Gasteiger partial charge in [0.15, 0.2) is 0 Å². The zero-order chi connectivity index (χ0) is 13.5. The molecule has 1 aliphatic rings. The minimum absolute atomic E-state index is 0.312. The van der Waals surface area contributed by atoms with E-state index in [2.05, 4.69) is 15.6 Å². The Hall–Kier alpha value is -1.63. The molecule has 1 aromatic rings. The first-order chi connectivity index (χ1) is 9.29. The molecule has 0 aromatic heterocycles. The summed E-state index contributed by atoms with van der Waals surface area (Å²) in [4.78, 5) is 13.7. The van der Waals surface area contributed by atoms with E-state index in [4.69, 9.17) is 10.6 Å². The van der Waals surface area contributed by atoms with Gasteiger partial charge in [0.25, 0.3) is 5.91 Å². The van der Waals surface area contributed by atoms with Crippen LogP contribution in [-0.2, 0) is 0 Å². The van der Waals surface area contributed by atoms with Crippen LogP contribution in [0.25, 0.3) is 0 Å². The van der Waals surface area contributed by atoms with Gasteiger partial charge in [-0.2, -0.15) is 0 Å². The summed E-state index contributed by atoms with van der Waals surface area (Å²) in [5.74, 6) is 5.48. The maximum Gasteiger partial charge on any atom is 0.265 e. The summed E-state index contributed by atoms with van der Waals surface area (Å²) in [5.41, 5.74) is 2.61. The lowest BCUT2D eigenvalue weighted by atomic mass is 10.2. The van der Waals surface area contributed by atoms with Crippen molar-refractivity contribution < 1.29 is 9.53 Å². The standard InChI is InChI=1S/C13H20N4O2/c14-16-13(18)11-2-1-3-12(10-11)19-9-8-17-6-4-15-5-7-17/h1-3,10,15H,4-9,14H2,(H,16,18). The predicted octanol–water partition coefficient (Wildman–Crippen LogP) is -0.426. The van der Waals surface area contributed by atoms with Crippen LogP contribution in [0, 0.1) is 0 Å². The molecule has 4 N–H and O–H groups in total. The van der Waals surface area contributed by atoms with E-state index in [1.54, 1.807) is 18.2 Å². The fourth-order valence-electron chi connectivity index (χ4n) is 2.04. The number of hydrogen-bond donors (Lipinski definition) is 3. The van der Waals surface area contributed by atoms with Gasteiger partial charge in [0, 0.05) is 38.3 Å². The van der Waals surface area contributed by atoms with E-state index in [-0.39, 0.29) is 5.91 Å². The molecule has 0 spiro atoms. The minimum Gasteiger partial charge on any atom is -0.492 e. The van der Waals surface area contributed by atoms with Crippen molar-refractivity contribution in [3.63, 3.8) is 0 Å². The van der Waals surface area contributed by atoms with Crippen LogP contribution < -0.4 is 21.3 Å². The summed E-state index contributed by atoms with van der Waals surface area (Å²) in [5, 5.41) is 3.31. The number of amides is 1. The normalized spacial score (nSPS) is 16.1. The van der Waals surface area contributed by atoms with Crippen molar-refractivity contribution in [2.24, 2.45) is 5.84 Å². The fourth-order valence-corrected chi connectivity index (χ4v) is 2.04. The molecule has 6 nitrogen and oxygen atoms in total. The zero-order valence-electron chi connectivity index (χ0n) is 10.9. The third kappa shape index (κ3) is 4.20. The van der Waals surface area contributed by atoms with Gasteiger partial charge in [0.2, 0.25) is 0 Å². The number of ether oxygens (including phenoxy) is 1. The topological polar surface area (TPSA) is 79.6 Å². The van der Waals surface area contributed by atoms with E-state index in [1.165, 1.54) is 0 Å². The lowest BCUT2D eigenvalue weighted by Gasteiger charge is -2.26. The van der Waals surface area contributed by atoms with Crippen molar-refractivity contribution in [2.75, 3.05) is 39.3 Å². The molecule has 1 heterocycles. The number of piperazine rings is 1. The monoisotopic (exact) mass is 264 g/mol. The Morgan fingerprint density at radius 1 is 1.42 bits per heavy atom. The van der Waals surface area contributed by atoms with Crippen LogP contribution in [0.1, 0.15) is 10.4 Å². The highest BCUT2D eigenvalue weighted by Gasteiger charge is 2.09. The number of hydrogen-bond acceptors (Lipinski definition) is 5. The number of nitrogens with two attached hydrogens (primary N) is 1. The SMILES string of the molecule is NNC(=O)c1cccc(OCCN2CCNCC2)c1. The summed E-state index contributed by atoms with van der Waals surface area (Å²) in [6.45, 7) is 5.69. The quantitative estimate of drug-likeness (QED) is 0.382. The van der Waals surface area contributed by atoms with Crippen molar-refractivity contribution in [1.29, 1.82) is 0 Å². The number of carbonyl (C=O) groups is 1. The Morgan fingerprint density at radius 3 is 2.95 bits per heavy atom. The van der Waals surface area contributed by atoms with Gasteiger partial charge in [0.05, 0.1) is 0 Å². The molecule has 1 aliphatic heterocycles. The van der Waals surface area contributed by atoms with Gasteiger partial charge in [-0.25, -0.2) is 5.84 Å². The van der Waals surface area contributed by atoms with Crippen LogP contribution in [-0.4, -0.2) is 50.1 Å². The number of nitrogens with zero attached hydrogens (tertiary/aromatic N) is 1. The molecule has 2 rings (SSSR count). The predicted molar refractivity (Wildman–Crippen MR) is 72.9 cm³/mol. The maximum absolute atomic E-state index is 11.4. The smallest absolute Gasteiger partial charge is 0.265 e. The molecule has 104 valence electrons. The lowest BCUT2D eigenvalue weighted by molar-refractivity contribution is 0.0953. The van der Waals surface area contributed by atoms with E-state index in [0.717, 1.165) is 32.7 Å². The van der Waals surface area contributed by atoms with Gasteiger partial charge in [0.1, 0.15) is 12.4 Å². The van der Waals surface area contributed by atoms with Crippen LogP contribution in [0.15, 0.2) is 24.3 Å². The van der Waals surface area contributed by atoms with E-state index in [0.29, 0.717) is 17.9 Å². The summed E-state index contributed by atoms with van der Waals surface area (Å²) in [6, 6.07) is 7.01. The van der Waals surface area contributed by atoms with Crippen LogP contribution >= 0.6 is 0 Å². The molecule has 1 aromatic carbocycles. The molecule has 0 atom stereocenters. The number of benzene rings is 1. The third-order valence-electron chi connectivity index (χ3n) is 3.11. The Balaban J connectivity index is 1.80. The highest BCUT2D eigenvalue weighted by Crippen LogP contribution is 2.13. The van der Waals surface area contributed by atoms with E-state index in [9.17, 15) is 4.79 Å². The van der Waals surface area contributed by atoms with Crippen molar-refractivity contribution in [3.05, 3.63) is 29.8 Å². The van der Waals surface area contributed by atoms with Gasteiger partial charge in [-0.15, -0.1) is 0 Å². The van der Waals surface area contributed by atoms with E-state index >= 15 is 0 Å². The Kier molecular flexibility index (Phi) is 5.14. The molecular weight excluding hydrogens is 244 g/mol. The van der Waals surface area contributed by atoms with Gasteiger partial charge in [-0.3, -0.25) is 15.1 Å². The molecule has 0 bridgehead atoms. The van der Waals surface area contributed by atoms with Gasteiger partial charge in [-0.1, -0.05) is 6.07 Å². The number of carbonyl (C=O) groups excluding carboxylic acids is 1. The highest BCUT2D eigenvalue weighted by atomic mass is 16.5. The number of nitrogens with one attached hydrogen (secondary N) is 2. The van der Waals surface area contributed by atoms with Gasteiger partial charge in [-0.05, 0) is 18.2 Å². The van der Waals surface area contributed by atoms with Crippen LogP contribution in [0.4, 0.5) is 0 Å². The third-order valence-corrected chi connectivity index (χ3v) is 3.11. The lowest BCUT2D eigenvalue weighted by Crippen LogP contribution is -2.44. The van der Waals surface area contributed by atoms with Crippen LogP contribution in [0.2, 0.25) is 0 Å². The molecule has 1 amide bonds. The Bertz CT molecular complexity index is 419. The molecule has 0 unspecified atom stereocenters. The highest BCUT2D eigenvalue weighted by molar-refractivity contribution is 5.94. The van der Waals surface area contributed by atoms with Crippen molar-refractivity contribution in [1.82, 2.24) is 15.6 Å². The number of rotatable bonds is 5. The Morgan fingerprint density at radius 2 is 2.21 bits per heavy atom. The van der Waals surface area contributed by atoms with Crippen LogP contribution in [0.5, 0.6) is 5.75 Å². The molecular formula is C13H20N4O2. The second-order valence-electron chi connectivity index (χ2n) is 4.44. The molecule has 1 saturated heterocycles. The second kappa shape index (κ2) is 7.08. The largest absolute Gasteiger partial charge is 0.492 e. The summed E-state index contributed by atoms with van der Waals surface area (Å²) < 4.78 is 5.66.